The van der Waals surface area contributed by atoms with Gasteiger partial charge in [0.2, 0.25) is 0 Å². The maximum atomic E-state index is 12.1. The molecule has 0 radical (unpaired) electrons. The van der Waals surface area contributed by atoms with Crippen LogP contribution >= 0.6 is 0 Å². The predicted molar refractivity (Wildman–Crippen MR) is 113 cm³/mol. The number of hydrogen-bond donors (Lipinski definition) is 2. The summed E-state index contributed by atoms with van der Waals surface area (Å²) in [5, 5.41) is 6.97. The second-order valence-corrected chi connectivity index (χ2v) is 7.68. The number of nitrogens with one attached hydrogen (secondary N) is 2. The molecular weight excluding hydrogens is 336 g/mol. The van der Waals surface area contributed by atoms with Crippen molar-refractivity contribution in [3.8, 4) is 0 Å². The third kappa shape index (κ3) is 6.89. The number of benzene rings is 1. The van der Waals surface area contributed by atoms with E-state index in [0.717, 1.165) is 36.0 Å². The third-order valence-corrected chi connectivity index (χ3v) is 5.36. The van der Waals surface area contributed by atoms with Crippen molar-refractivity contribution in [1.29, 1.82) is 0 Å². The minimum absolute atomic E-state index is 0.0399. The van der Waals surface area contributed by atoms with Crippen molar-refractivity contribution in [3.05, 3.63) is 35.4 Å². The molecule has 0 saturated heterocycles. The molecule has 0 heterocycles. The van der Waals surface area contributed by atoms with Gasteiger partial charge in [0.25, 0.3) is 5.91 Å². The second kappa shape index (κ2) is 11.0. The first-order chi connectivity index (χ1) is 13.0. The molecule has 1 saturated carbocycles. The maximum absolute atomic E-state index is 12.1. The first-order valence-electron chi connectivity index (χ1n) is 10.4. The lowest BCUT2D eigenvalue weighted by atomic mass is 9.84. The molecule has 27 heavy (non-hydrogen) atoms. The number of rotatable bonds is 7. The summed E-state index contributed by atoms with van der Waals surface area (Å²) in [6, 6.07) is 8.39. The summed E-state index contributed by atoms with van der Waals surface area (Å²) in [4.78, 5) is 18.5. The van der Waals surface area contributed by atoms with E-state index in [1.807, 2.05) is 18.2 Å². The number of amides is 1. The zero-order valence-corrected chi connectivity index (χ0v) is 17.4. The molecular formula is C22H36N4O. The van der Waals surface area contributed by atoms with E-state index >= 15 is 0 Å². The lowest BCUT2D eigenvalue weighted by Gasteiger charge is -2.29. The molecule has 5 nitrogen and oxygen atoms in total. The average molecular weight is 373 g/mol. The molecule has 1 aliphatic rings. The van der Waals surface area contributed by atoms with Crippen LogP contribution in [-0.2, 0) is 6.42 Å². The summed E-state index contributed by atoms with van der Waals surface area (Å²) in [5.74, 6) is 1.86. The summed E-state index contributed by atoms with van der Waals surface area (Å²) in [7, 11) is 3.56. The van der Waals surface area contributed by atoms with Crippen molar-refractivity contribution >= 4 is 11.9 Å². The SMILES string of the molecule is CCNC(=NCCc1cccc(C(=O)N(C)C)c1)NC1CCC(CC)CC1. The highest BCUT2D eigenvalue weighted by atomic mass is 16.2. The fourth-order valence-corrected chi connectivity index (χ4v) is 3.64. The van der Waals surface area contributed by atoms with Gasteiger partial charge in [0.1, 0.15) is 0 Å². The molecule has 0 unspecified atom stereocenters. The van der Waals surface area contributed by atoms with Crippen LogP contribution in [-0.4, -0.2) is 50.0 Å². The largest absolute Gasteiger partial charge is 0.357 e. The maximum Gasteiger partial charge on any atom is 0.253 e. The molecule has 1 amide bonds. The third-order valence-electron chi connectivity index (χ3n) is 5.36. The Labute approximate surface area is 164 Å². The minimum atomic E-state index is 0.0399. The first-order valence-corrected chi connectivity index (χ1v) is 10.4. The average Bonchev–Trinajstić information content (AvgIpc) is 2.68. The number of carbonyl (C=O) groups is 1. The molecule has 1 fully saturated rings. The summed E-state index contributed by atoms with van der Waals surface area (Å²) in [6.07, 6.45) is 7.24. The van der Waals surface area contributed by atoms with Gasteiger partial charge in [-0.3, -0.25) is 9.79 Å². The van der Waals surface area contributed by atoms with Crippen LogP contribution in [0, 0.1) is 5.92 Å². The molecule has 0 atom stereocenters. The highest BCUT2D eigenvalue weighted by Crippen LogP contribution is 2.26. The number of nitrogens with zero attached hydrogens (tertiary/aromatic N) is 2. The molecule has 1 aromatic carbocycles. The van der Waals surface area contributed by atoms with E-state index < -0.39 is 0 Å². The standard InChI is InChI=1S/C22H36N4O/c1-5-17-10-12-20(13-11-17)25-22(23-6-2)24-15-14-18-8-7-9-19(16-18)21(27)26(3)4/h7-9,16-17,20H,5-6,10-15H2,1-4H3,(H2,23,24,25). The van der Waals surface area contributed by atoms with Gasteiger partial charge < -0.3 is 15.5 Å². The molecule has 150 valence electrons. The van der Waals surface area contributed by atoms with E-state index in [2.05, 4.69) is 30.5 Å². The monoisotopic (exact) mass is 372 g/mol. The molecule has 0 aromatic heterocycles. The van der Waals surface area contributed by atoms with Gasteiger partial charge in [-0.25, -0.2) is 0 Å². The lowest BCUT2D eigenvalue weighted by Crippen LogP contribution is -2.45. The smallest absolute Gasteiger partial charge is 0.253 e. The van der Waals surface area contributed by atoms with Gasteiger partial charge in [0.05, 0.1) is 0 Å². The van der Waals surface area contributed by atoms with Gasteiger partial charge in [0, 0.05) is 38.8 Å². The van der Waals surface area contributed by atoms with Crippen LogP contribution in [0.3, 0.4) is 0 Å². The van der Waals surface area contributed by atoms with Crippen LogP contribution in [0.15, 0.2) is 29.3 Å². The van der Waals surface area contributed by atoms with Crippen molar-refractivity contribution in [2.24, 2.45) is 10.9 Å². The van der Waals surface area contributed by atoms with E-state index in [0.29, 0.717) is 12.6 Å². The zero-order chi connectivity index (χ0) is 19.6. The Morgan fingerprint density at radius 2 is 1.93 bits per heavy atom. The van der Waals surface area contributed by atoms with Crippen LogP contribution in [0.4, 0.5) is 0 Å². The van der Waals surface area contributed by atoms with Gasteiger partial charge in [0.15, 0.2) is 5.96 Å². The zero-order valence-electron chi connectivity index (χ0n) is 17.4. The van der Waals surface area contributed by atoms with E-state index in [1.165, 1.54) is 32.1 Å². The van der Waals surface area contributed by atoms with Crippen LogP contribution in [0.25, 0.3) is 0 Å². The second-order valence-electron chi connectivity index (χ2n) is 7.68. The molecule has 2 rings (SSSR count). The van der Waals surface area contributed by atoms with Crippen molar-refractivity contribution in [1.82, 2.24) is 15.5 Å². The Morgan fingerprint density at radius 1 is 1.19 bits per heavy atom. The van der Waals surface area contributed by atoms with E-state index in [4.69, 9.17) is 4.99 Å². The van der Waals surface area contributed by atoms with Crippen LogP contribution in [0.2, 0.25) is 0 Å². The Morgan fingerprint density at radius 3 is 2.56 bits per heavy atom. The molecule has 1 aliphatic carbocycles. The van der Waals surface area contributed by atoms with Crippen molar-refractivity contribution in [3.63, 3.8) is 0 Å². The molecule has 0 spiro atoms. The normalized spacial score (nSPS) is 20.2. The van der Waals surface area contributed by atoms with Gasteiger partial charge >= 0.3 is 0 Å². The molecule has 1 aromatic rings. The number of guanidine groups is 1. The number of hydrogen-bond acceptors (Lipinski definition) is 2. The quantitative estimate of drug-likeness (QED) is 0.569. The number of aliphatic imine (C=N–C) groups is 1. The molecule has 5 heteroatoms. The van der Waals surface area contributed by atoms with Gasteiger partial charge in [-0.2, -0.15) is 0 Å². The lowest BCUT2D eigenvalue weighted by molar-refractivity contribution is 0.0827. The van der Waals surface area contributed by atoms with Gasteiger partial charge in [-0.15, -0.1) is 0 Å². The highest BCUT2D eigenvalue weighted by molar-refractivity contribution is 5.94. The van der Waals surface area contributed by atoms with Crippen molar-refractivity contribution in [2.75, 3.05) is 27.2 Å². The molecule has 2 N–H and O–H groups in total. The van der Waals surface area contributed by atoms with Crippen molar-refractivity contribution < 1.29 is 4.79 Å². The summed E-state index contributed by atoms with van der Waals surface area (Å²) < 4.78 is 0. The predicted octanol–water partition coefficient (Wildman–Crippen LogP) is 3.45. The highest BCUT2D eigenvalue weighted by Gasteiger charge is 2.20. The Kier molecular flexibility index (Phi) is 8.62. The number of carbonyl (C=O) groups excluding carboxylic acids is 1. The minimum Gasteiger partial charge on any atom is -0.357 e. The summed E-state index contributed by atoms with van der Waals surface area (Å²) >= 11 is 0. The van der Waals surface area contributed by atoms with Gasteiger partial charge in [-0.1, -0.05) is 25.5 Å². The fraction of sp³-hybridized carbons (Fsp3) is 0.636. The topological polar surface area (TPSA) is 56.7 Å². The first kappa shape index (κ1) is 21.3. The van der Waals surface area contributed by atoms with Crippen LogP contribution < -0.4 is 10.6 Å². The van der Waals surface area contributed by atoms with E-state index in [9.17, 15) is 4.79 Å². The van der Waals surface area contributed by atoms with Crippen LogP contribution in [0.1, 0.15) is 61.9 Å². The Bertz CT molecular complexity index is 618. The summed E-state index contributed by atoms with van der Waals surface area (Å²) in [6.45, 7) is 5.97. The van der Waals surface area contributed by atoms with Crippen LogP contribution in [0.5, 0.6) is 0 Å². The fourth-order valence-electron chi connectivity index (χ4n) is 3.64. The molecule has 0 aliphatic heterocycles. The Balaban J connectivity index is 1.89. The van der Waals surface area contributed by atoms with E-state index in [-0.39, 0.29) is 5.91 Å². The van der Waals surface area contributed by atoms with Gasteiger partial charge in [-0.05, 0) is 62.6 Å². The van der Waals surface area contributed by atoms with E-state index in [1.54, 1.807) is 19.0 Å². The summed E-state index contributed by atoms with van der Waals surface area (Å²) in [5.41, 5.74) is 1.88. The Hall–Kier alpha value is -2.04. The molecule has 0 bridgehead atoms. The van der Waals surface area contributed by atoms with Crippen molar-refractivity contribution in [2.45, 2.75) is 58.4 Å².